The molecule has 2 heterocycles. The van der Waals surface area contributed by atoms with Crippen LogP contribution < -0.4 is 5.56 Å². The topological polar surface area (TPSA) is 66.5 Å². The van der Waals surface area contributed by atoms with Gasteiger partial charge in [0.05, 0.1) is 11.0 Å². The molecule has 0 saturated carbocycles. The van der Waals surface area contributed by atoms with Gasteiger partial charge in [0.25, 0.3) is 5.56 Å². The number of benzene rings is 3. The third-order valence-electron chi connectivity index (χ3n) is 5.03. The number of nitrogens with one attached hydrogen (secondary N) is 2. The summed E-state index contributed by atoms with van der Waals surface area (Å²) in [5, 5.41) is 5.53. The quantitative estimate of drug-likeness (QED) is 0.475. The molecule has 0 fully saturated rings. The minimum Gasteiger partial charge on any atom is -0.322 e. The molecule has 0 bridgehead atoms. The molecular formula is C22H19ClN4O. The molecule has 0 aliphatic carbocycles. The molecule has 0 spiro atoms. The minimum atomic E-state index is -0.0699. The highest BCUT2D eigenvalue weighted by molar-refractivity contribution is 5.86. The molecule has 140 valence electrons. The van der Waals surface area contributed by atoms with E-state index in [1.807, 2.05) is 49.4 Å². The molecule has 0 atom stereocenters. The predicted octanol–water partition coefficient (Wildman–Crippen LogP) is 4.52. The van der Waals surface area contributed by atoms with Crippen LogP contribution in [0.5, 0.6) is 0 Å². The molecule has 5 aromatic rings. The van der Waals surface area contributed by atoms with E-state index in [2.05, 4.69) is 39.3 Å². The Balaban J connectivity index is 0.00000192. The van der Waals surface area contributed by atoms with E-state index >= 15 is 0 Å². The van der Waals surface area contributed by atoms with Crippen LogP contribution in [0.15, 0.2) is 71.5 Å². The Kier molecular flexibility index (Phi) is 4.53. The Morgan fingerprint density at radius 1 is 0.964 bits per heavy atom. The molecule has 3 aromatic carbocycles. The van der Waals surface area contributed by atoms with E-state index in [1.54, 1.807) is 0 Å². The van der Waals surface area contributed by atoms with E-state index in [0.29, 0.717) is 12.4 Å². The van der Waals surface area contributed by atoms with E-state index in [4.69, 9.17) is 0 Å². The normalized spacial score (nSPS) is 11.0. The van der Waals surface area contributed by atoms with Crippen molar-refractivity contribution in [2.24, 2.45) is 0 Å². The zero-order valence-corrected chi connectivity index (χ0v) is 16.1. The molecule has 6 heteroatoms. The lowest BCUT2D eigenvalue weighted by Crippen LogP contribution is -2.18. The molecule has 2 aromatic heterocycles. The zero-order valence-electron chi connectivity index (χ0n) is 15.3. The molecule has 28 heavy (non-hydrogen) atoms. The predicted molar refractivity (Wildman–Crippen MR) is 115 cm³/mol. The van der Waals surface area contributed by atoms with Crippen molar-refractivity contribution >= 4 is 34.2 Å². The Morgan fingerprint density at radius 2 is 1.71 bits per heavy atom. The molecule has 5 nitrogen and oxygen atoms in total. The molecule has 0 aliphatic heterocycles. The summed E-state index contributed by atoms with van der Waals surface area (Å²) in [6.07, 6.45) is 0.579. The van der Waals surface area contributed by atoms with Crippen molar-refractivity contribution in [1.82, 2.24) is 19.7 Å². The number of aromatic nitrogens is 4. The minimum absolute atomic E-state index is 0. The number of aryl methyl sites for hydroxylation is 1. The summed E-state index contributed by atoms with van der Waals surface area (Å²) in [5.41, 5.74) is 4.42. The van der Waals surface area contributed by atoms with Crippen molar-refractivity contribution < 1.29 is 0 Å². The summed E-state index contributed by atoms with van der Waals surface area (Å²) in [7, 11) is 0. The highest BCUT2D eigenvalue weighted by atomic mass is 35.5. The van der Waals surface area contributed by atoms with Gasteiger partial charge < -0.3 is 4.98 Å². The van der Waals surface area contributed by atoms with Crippen molar-refractivity contribution in [1.29, 1.82) is 0 Å². The van der Waals surface area contributed by atoms with Crippen LogP contribution in [0, 0.1) is 6.92 Å². The standard InChI is InChI=1S/C22H18N4O.ClH/c1-14-18(13-16-9-6-8-15-7-2-3-10-17(15)16)21(27)26(25-14)22-23-19-11-4-5-12-20(19)24-22;/h2-12,25H,13H2,1H3,(H,23,24);1H. The smallest absolute Gasteiger partial charge is 0.277 e. The van der Waals surface area contributed by atoms with Crippen molar-refractivity contribution in [3.8, 4) is 5.95 Å². The van der Waals surface area contributed by atoms with Crippen LogP contribution in [0.25, 0.3) is 27.8 Å². The number of nitrogens with zero attached hydrogens (tertiary/aromatic N) is 2. The lowest BCUT2D eigenvalue weighted by Gasteiger charge is -2.05. The fourth-order valence-electron chi connectivity index (χ4n) is 3.62. The van der Waals surface area contributed by atoms with Crippen molar-refractivity contribution in [2.75, 3.05) is 0 Å². The SMILES string of the molecule is Cc1[nH]n(-c2nc3ccccc3[nH]2)c(=O)c1Cc1cccc2ccccc12.Cl. The summed E-state index contributed by atoms with van der Waals surface area (Å²) in [6, 6.07) is 22.2. The fourth-order valence-corrected chi connectivity index (χ4v) is 3.62. The first-order chi connectivity index (χ1) is 13.2. The van der Waals surface area contributed by atoms with E-state index in [9.17, 15) is 4.79 Å². The molecule has 5 rings (SSSR count). The van der Waals surface area contributed by atoms with Crippen LogP contribution in [0.1, 0.15) is 16.8 Å². The van der Waals surface area contributed by atoms with Gasteiger partial charge in [-0.05, 0) is 35.4 Å². The van der Waals surface area contributed by atoms with Crippen LogP contribution in [-0.2, 0) is 6.42 Å². The van der Waals surface area contributed by atoms with Crippen LogP contribution in [0.3, 0.4) is 0 Å². The first kappa shape index (κ1) is 18.1. The third-order valence-corrected chi connectivity index (χ3v) is 5.03. The molecule has 2 N–H and O–H groups in total. The number of imidazole rings is 1. The average molecular weight is 391 g/mol. The fraction of sp³-hybridized carbons (Fsp3) is 0.0909. The van der Waals surface area contributed by atoms with Gasteiger partial charge in [0.15, 0.2) is 0 Å². The first-order valence-corrected chi connectivity index (χ1v) is 8.93. The third kappa shape index (κ3) is 2.90. The number of H-pyrrole nitrogens is 2. The van der Waals surface area contributed by atoms with Gasteiger partial charge >= 0.3 is 0 Å². The molecule has 0 aliphatic rings. The van der Waals surface area contributed by atoms with E-state index in [1.165, 1.54) is 15.5 Å². The van der Waals surface area contributed by atoms with Gasteiger partial charge in [-0.15, -0.1) is 12.4 Å². The second-order valence-electron chi connectivity index (χ2n) is 6.75. The van der Waals surface area contributed by atoms with Gasteiger partial charge in [0.2, 0.25) is 5.95 Å². The van der Waals surface area contributed by atoms with Gasteiger partial charge in [0.1, 0.15) is 0 Å². The summed E-state index contributed by atoms with van der Waals surface area (Å²) >= 11 is 0. The van der Waals surface area contributed by atoms with Crippen LogP contribution in [0.2, 0.25) is 0 Å². The van der Waals surface area contributed by atoms with Gasteiger partial charge in [-0.1, -0.05) is 54.6 Å². The number of fused-ring (bicyclic) bond motifs is 2. The summed E-state index contributed by atoms with van der Waals surface area (Å²) in [6.45, 7) is 1.93. The highest BCUT2D eigenvalue weighted by Crippen LogP contribution is 2.21. The lowest BCUT2D eigenvalue weighted by molar-refractivity contribution is 0.790. The summed E-state index contributed by atoms with van der Waals surface area (Å²) < 4.78 is 1.50. The molecule has 0 amide bonds. The second-order valence-corrected chi connectivity index (χ2v) is 6.75. The molecule has 0 saturated heterocycles. The average Bonchev–Trinajstić information content (AvgIpc) is 3.24. The number of halogens is 1. The maximum absolute atomic E-state index is 13.1. The monoisotopic (exact) mass is 390 g/mol. The molecular weight excluding hydrogens is 372 g/mol. The number of hydrogen-bond acceptors (Lipinski definition) is 2. The maximum atomic E-state index is 13.1. The number of rotatable bonds is 3. The lowest BCUT2D eigenvalue weighted by atomic mass is 9.99. The van der Waals surface area contributed by atoms with Crippen LogP contribution >= 0.6 is 12.4 Å². The zero-order chi connectivity index (χ0) is 18.4. The Bertz CT molecular complexity index is 1310. The van der Waals surface area contributed by atoms with Crippen molar-refractivity contribution in [3.05, 3.63) is 93.9 Å². The van der Waals surface area contributed by atoms with E-state index < -0.39 is 0 Å². The highest BCUT2D eigenvalue weighted by Gasteiger charge is 2.16. The number of aromatic amines is 2. The summed E-state index contributed by atoms with van der Waals surface area (Å²) in [4.78, 5) is 20.8. The Labute approximate surface area is 167 Å². The Hall–Kier alpha value is -3.31. The first-order valence-electron chi connectivity index (χ1n) is 8.93. The molecule has 0 unspecified atom stereocenters. The van der Waals surface area contributed by atoms with Crippen molar-refractivity contribution in [3.63, 3.8) is 0 Å². The number of para-hydroxylation sites is 2. The summed E-state index contributed by atoms with van der Waals surface area (Å²) in [5.74, 6) is 0.508. The van der Waals surface area contributed by atoms with Gasteiger partial charge in [-0.25, -0.2) is 4.98 Å². The second kappa shape index (κ2) is 7.02. The van der Waals surface area contributed by atoms with Gasteiger partial charge in [0, 0.05) is 17.7 Å². The van der Waals surface area contributed by atoms with Crippen LogP contribution in [0.4, 0.5) is 0 Å². The van der Waals surface area contributed by atoms with Gasteiger partial charge in [-0.3, -0.25) is 9.89 Å². The Morgan fingerprint density at radius 3 is 2.57 bits per heavy atom. The largest absolute Gasteiger partial charge is 0.322 e. The van der Waals surface area contributed by atoms with Gasteiger partial charge in [-0.2, -0.15) is 4.68 Å². The number of hydrogen-bond donors (Lipinski definition) is 2. The molecule has 0 radical (unpaired) electrons. The van der Waals surface area contributed by atoms with E-state index in [0.717, 1.165) is 27.9 Å². The maximum Gasteiger partial charge on any atom is 0.277 e. The van der Waals surface area contributed by atoms with E-state index in [-0.39, 0.29) is 18.0 Å². The van der Waals surface area contributed by atoms with Crippen molar-refractivity contribution in [2.45, 2.75) is 13.3 Å². The van der Waals surface area contributed by atoms with Crippen LogP contribution in [-0.4, -0.2) is 19.7 Å².